The number of aldehydes is 1. The Morgan fingerprint density at radius 1 is 1.33 bits per heavy atom. The molecule has 0 amide bonds. The number of anilines is 1. The molecule has 0 aromatic carbocycles. The van der Waals surface area contributed by atoms with E-state index < -0.39 is 0 Å². The summed E-state index contributed by atoms with van der Waals surface area (Å²) in [5.74, 6) is 1.02. The Morgan fingerprint density at radius 2 is 2.10 bits per heavy atom. The van der Waals surface area contributed by atoms with Crippen LogP contribution in [0.25, 0.3) is 0 Å². The van der Waals surface area contributed by atoms with E-state index in [4.69, 9.17) is 11.6 Å². The molecule has 0 unspecified atom stereocenters. The van der Waals surface area contributed by atoms with Crippen molar-refractivity contribution in [3.63, 3.8) is 0 Å². The Labute approximate surface area is 128 Å². The third-order valence-corrected chi connectivity index (χ3v) is 3.36. The second-order valence-corrected chi connectivity index (χ2v) is 5.23. The Morgan fingerprint density at radius 3 is 2.71 bits per heavy atom. The number of hydrogen-bond acceptors (Lipinski definition) is 5. The minimum atomic E-state index is 0.179. The third kappa shape index (κ3) is 3.78. The molecule has 0 aliphatic carbocycles. The van der Waals surface area contributed by atoms with Crippen molar-refractivity contribution in [2.75, 3.05) is 11.9 Å². The summed E-state index contributed by atoms with van der Waals surface area (Å²) in [6, 6.07) is 2.05. The standard InChI is InChI=1S/C14H18ClN5O/c1-9-7-10(2)20(19-9)6-4-5-16-14-12(8-21)13(15)17-11(3)18-14/h7-8H,4-6H2,1-3H3,(H,16,17,18). The molecule has 0 atom stereocenters. The normalized spacial score (nSPS) is 10.7. The molecule has 2 heterocycles. The zero-order valence-corrected chi connectivity index (χ0v) is 13.1. The highest BCUT2D eigenvalue weighted by molar-refractivity contribution is 6.32. The van der Waals surface area contributed by atoms with Crippen molar-refractivity contribution in [1.82, 2.24) is 19.7 Å². The topological polar surface area (TPSA) is 72.7 Å². The van der Waals surface area contributed by atoms with Crippen molar-refractivity contribution in [3.05, 3.63) is 34.0 Å². The minimum Gasteiger partial charge on any atom is -0.369 e. The average molecular weight is 308 g/mol. The first-order valence-electron chi connectivity index (χ1n) is 6.75. The SMILES string of the molecule is Cc1cc(C)n(CCCNc2nc(C)nc(Cl)c2C=O)n1. The molecule has 2 aromatic rings. The number of nitrogens with one attached hydrogen (secondary N) is 1. The van der Waals surface area contributed by atoms with Crippen LogP contribution < -0.4 is 5.32 Å². The summed E-state index contributed by atoms with van der Waals surface area (Å²) < 4.78 is 1.97. The van der Waals surface area contributed by atoms with Gasteiger partial charge in [-0.15, -0.1) is 0 Å². The lowest BCUT2D eigenvalue weighted by atomic mass is 10.3. The highest BCUT2D eigenvalue weighted by Crippen LogP contribution is 2.18. The summed E-state index contributed by atoms with van der Waals surface area (Å²) in [6.07, 6.45) is 1.53. The molecule has 0 bridgehead atoms. The maximum atomic E-state index is 11.0. The fourth-order valence-corrected chi connectivity index (χ4v) is 2.38. The number of carbonyl (C=O) groups excluding carboxylic acids is 1. The van der Waals surface area contributed by atoms with E-state index in [1.54, 1.807) is 6.92 Å². The van der Waals surface area contributed by atoms with Gasteiger partial charge in [0.15, 0.2) is 6.29 Å². The lowest BCUT2D eigenvalue weighted by Crippen LogP contribution is -2.12. The first-order chi connectivity index (χ1) is 10.0. The maximum Gasteiger partial charge on any atom is 0.156 e. The Hall–Kier alpha value is -1.95. The Bertz CT molecular complexity index is 653. The summed E-state index contributed by atoms with van der Waals surface area (Å²) in [4.78, 5) is 19.2. The van der Waals surface area contributed by atoms with E-state index in [-0.39, 0.29) is 5.15 Å². The van der Waals surface area contributed by atoms with Crippen LogP contribution in [-0.2, 0) is 6.54 Å². The zero-order chi connectivity index (χ0) is 15.4. The summed E-state index contributed by atoms with van der Waals surface area (Å²) in [5, 5.41) is 7.72. The monoisotopic (exact) mass is 307 g/mol. The molecule has 0 aliphatic rings. The molecule has 112 valence electrons. The zero-order valence-electron chi connectivity index (χ0n) is 12.4. The molecule has 0 saturated heterocycles. The first-order valence-corrected chi connectivity index (χ1v) is 7.13. The average Bonchev–Trinajstić information content (AvgIpc) is 2.72. The van der Waals surface area contributed by atoms with Gasteiger partial charge in [-0.25, -0.2) is 9.97 Å². The van der Waals surface area contributed by atoms with Gasteiger partial charge in [0, 0.05) is 18.8 Å². The molecular weight excluding hydrogens is 290 g/mol. The molecule has 6 nitrogen and oxygen atoms in total. The van der Waals surface area contributed by atoms with Gasteiger partial charge < -0.3 is 5.32 Å². The molecule has 2 aromatic heterocycles. The quantitative estimate of drug-likeness (QED) is 0.504. The molecular formula is C14H18ClN5O. The second-order valence-electron chi connectivity index (χ2n) is 4.87. The van der Waals surface area contributed by atoms with Crippen LogP contribution in [0.4, 0.5) is 5.82 Å². The maximum absolute atomic E-state index is 11.0. The van der Waals surface area contributed by atoms with Crippen molar-refractivity contribution in [2.45, 2.75) is 33.7 Å². The molecule has 0 fully saturated rings. The predicted octanol–water partition coefficient (Wildman–Crippen LogP) is 2.57. The smallest absolute Gasteiger partial charge is 0.156 e. The Kier molecular flexibility index (Phi) is 4.90. The van der Waals surface area contributed by atoms with Gasteiger partial charge in [-0.1, -0.05) is 11.6 Å². The number of carbonyl (C=O) groups is 1. The van der Waals surface area contributed by atoms with Gasteiger partial charge >= 0.3 is 0 Å². The fraction of sp³-hybridized carbons (Fsp3) is 0.429. The van der Waals surface area contributed by atoms with Crippen LogP contribution in [0, 0.1) is 20.8 Å². The van der Waals surface area contributed by atoms with E-state index in [9.17, 15) is 4.79 Å². The summed E-state index contributed by atoms with van der Waals surface area (Å²) >= 11 is 5.93. The predicted molar refractivity (Wildman–Crippen MR) is 82.0 cm³/mol. The number of nitrogens with zero attached hydrogens (tertiary/aromatic N) is 4. The van der Waals surface area contributed by atoms with Crippen LogP contribution >= 0.6 is 11.6 Å². The summed E-state index contributed by atoms with van der Waals surface area (Å²) in [6.45, 7) is 7.23. The molecule has 7 heteroatoms. The number of halogens is 1. The van der Waals surface area contributed by atoms with E-state index >= 15 is 0 Å². The summed E-state index contributed by atoms with van der Waals surface area (Å²) in [5.41, 5.74) is 2.46. The van der Waals surface area contributed by atoms with Gasteiger partial charge in [0.25, 0.3) is 0 Å². The lowest BCUT2D eigenvalue weighted by Gasteiger charge is -2.10. The van der Waals surface area contributed by atoms with Crippen LogP contribution in [0.3, 0.4) is 0 Å². The number of hydrogen-bond donors (Lipinski definition) is 1. The van der Waals surface area contributed by atoms with Crippen LogP contribution in [0.1, 0.15) is 34.0 Å². The highest BCUT2D eigenvalue weighted by Gasteiger charge is 2.10. The van der Waals surface area contributed by atoms with E-state index in [2.05, 4.69) is 20.4 Å². The second kappa shape index (κ2) is 6.67. The molecule has 21 heavy (non-hydrogen) atoms. The molecule has 2 rings (SSSR count). The Balaban J connectivity index is 1.95. The van der Waals surface area contributed by atoms with Gasteiger partial charge in [0.1, 0.15) is 16.8 Å². The third-order valence-electron chi connectivity index (χ3n) is 3.07. The minimum absolute atomic E-state index is 0.179. The fourth-order valence-electron chi connectivity index (χ4n) is 2.12. The van der Waals surface area contributed by atoms with Crippen molar-refractivity contribution >= 4 is 23.7 Å². The molecule has 0 radical (unpaired) electrons. The van der Waals surface area contributed by atoms with Gasteiger partial charge in [0.2, 0.25) is 0 Å². The van der Waals surface area contributed by atoms with Gasteiger partial charge in [-0.05, 0) is 33.3 Å². The highest BCUT2D eigenvalue weighted by atomic mass is 35.5. The van der Waals surface area contributed by atoms with Crippen molar-refractivity contribution in [1.29, 1.82) is 0 Å². The largest absolute Gasteiger partial charge is 0.369 e. The molecule has 0 saturated carbocycles. The van der Waals surface area contributed by atoms with E-state index in [0.717, 1.165) is 24.4 Å². The van der Waals surface area contributed by atoms with Crippen molar-refractivity contribution < 1.29 is 4.79 Å². The van der Waals surface area contributed by atoms with Crippen LogP contribution in [0.2, 0.25) is 5.15 Å². The summed E-state index contributed by atoms with van der Waals surface area (Å²) in [7, 11) is 0. The number of aromatic nitrogens is 4. The van der Waals surface area contributed by atoms with Gasteiger partial charge in [-0.2, -0.15) is 5.10 Å². The van der Waals surface area contributed by atoms with E-state index in [1.807, 2.05) is 24.6 Å². The van der Waals surface area contributed by atoms with Crippen molar-refractivity contribution in [3.8, 4) is 0 Å². The van der Waals surface area contributed by atoms with Gasteiger partial charge in [0.05, 0.1) is 11.3 Å². The number of rotatable bonds is 6. The van der Waals surface area contributed by atoms with Crippen LogP contribution in [-0.4, -0.2) is 32.6 Å². The van der Waals surface area contributed by atoms with Crippen molar-refractivity contribution in [2.24, 2.45) is 0 Å². The molecule has 0 aliphatic heterocycles. The first kappa shape index (κ1) is 15.4. The van der Waals surface area contributed by atoms with E-state index in [1.165, 1.54) is 0 Å². The van der Waals surface area contributed by atoms with Gasteiger partial charge in [-0.3, -0.25) is 9.48 Å². The number of aryl methyl sites for hydroxylation is 4. The van der Waals surface area contributed by atoms with E-state index in [0.29, 0.717) is 30.0 Å². The lowest BCUT2D eigenvalue weighted by molar-refractivity contribution is 0.112. The van der Waals surface area contributed by atoms with Crippen LogP contribution in [0.5, 0.6) is 0 Å². The molecule has 0 spiro atoms. The molecule has 1 N–H and O–H groups in total. The van der Waals surface area contributed by atoms with Crippen LogP contribution in [0.15, 0.2) is 6.07 Å².